The molecule has 2 N–H and O–H groups in total. The number of alkyl halides is 2. The first-order chi connectivity index (χ1) is 13.1. The third kappa shape index (κ3) is 5.64. The van der Waals surface area contributed by atoms with Gasteiger partial charge in [-0.05, 0) is 37.1 Å². The van der Waals surface area contributed by atoms with Gasteiger partial charge < -0.3 is 10.6 Å². The molecule has 0 bridgehead atoms. The Hall–Kier alpha value is -1.21. The fourth-order valence-electron chi connectivity index (χ4n) is 4.42. The predicted octanol–water partition coefficient (Wildman–Crippen LogP) is 3.84. The molecule has 0 unspecified atom stereocenters. The minimum atomic E-state index is -2.24. The van der Waals surface area contributed by atoms with Crippen LogP contribution in [0, 0.1) is 0 Å². The van der Waals surface area contributed by atoms with E-state index in [0.717, 1.165) is 38.4 Å². The van der Waals surface area contributed by atoms with Gasteiger partial charge >= 0.3 is 0 Å². The van der Waals surface area contributed by atoms with Crippen LogP contribution in [0.4, 0.5) is 8.78 Å². The number of piperidine rings is 1. The number of halogens is 2. The molecule has 2 aliphatic rings. The molecule has 152 valence electrons. The number of hydrogen-bond acceptors (Lipinski definition) is 3. The van der Waals surface area contributed by atoms with Gasteiger partial charge in [-0.25, -0.2) is 8.78 Å². The Morgan fingerprint density at radius 1 is 1.30 bits per heavy atom. The molecule has 1 aliphatic carbocycles. The van der Waals surface area contributed by atoms with Crippen LogP contribution in [0.25, 0.3) is 0 Å². The highest BCUT2D eigenvalue weighted by Gasteiger charge is 2.35. The lowest BCUT2D eigenvalue weighted by atomic mass is 9.73. The summed E-state index contributed by atoms with van der Waals surface area (Å²) in [5, 5.41) is 9.25. The Morgan fingerprint density at radius 2 is 2.04 bits per heavy atom. The second-order valence-electron chi connectivity index (χ2n) is 7.85. The Bertz CT molecular complexity index is 577. The number of aliphatic imine (C=N–C) groups is 1. The lowest BCUT2D eigenvalue weighted by Crippen LogP contribution is -2.51. The molecular formula is C20H32F2N4S. The quantitative estimate of drug-likeness (QED) is 0.565. The zero-order valence-corrected chi connectivity index (χ0v) is 17.0. The third-order valence-electron chi connectivity index (χ3n) is 6.00. The Kier molecular flexibility index (Phi) is 7.47. The molecule has 0 aromatic carbocycles. The molecule has 1 aromatic rings. The summed E-state index contributed by atoms with van der Waals surface area (Å²) in [5.74, 6) is 0.837. The molecule has 4 nitrogen and oxygen atoms in total. The molecule has 3 rings (SSSR count). The summed E-state index contributed by atoms with van der Waals surface area (Å²) in [7, 11) is 1.81. The first-order valence-corrected chi connectivity index (χ1v) is 11.0. The van der Waals surface area contributed by atoms with Crippen molar-refractivity contribution in [2.45, 2.75) is 62.8 Å². The first kappa shape index (κ1) is 20.5. The lowest BCUT2D eigenvalue weighted by Gasteiger charge is -2.38. The van der Waals surface area contributed by atoms with E-state index in [-0.39, 0.29) is 12.0 Å². The van der Waals surface area contributed by atoms with Crippen molar-refractivity contribution in [1.82, 2.24) is 15.5 Å². The standard InChI is InChI=1S/C20H32F2N4S/c1-23-19(25-16-7-11-26(12-8-16)14-18(21)22)24-15-20(9-3-2-4-10-20)17-6-5-13-27-17/h5-6,13,16,18H,2-4,7-12,14-15H2,1H3,(H2,23,24,25). The number of nitrogens with zero attached hydrogens (tertiary/aromatic N) is 2. The van der Waals surface area contributed by atoms with Gasteiger partial charge in [0, 0.05) is 43.0 Å². The number of rotatable bonds is 6. The van der Waals surface area contributed by atoms with Gasteiger partial charge in [0.25, 0.3) is 6.43 Å². The van der Waals surface area contributed by atoms with Crippen LogP contribution in [-0.2, 0) is 5.41 Å². The summed E-state index contributed by atoms with van der Waals surface area (Å²) >= 11 is 1.86. The number of thiophene rings is 1. The summed E-state index contributed by atoms with van der Waals surface area (Å²) < 4.78 is 25.1. The van der Waals surface area contributed by atoms with Crippen LogP contribution in [0.2, 0.25) is 0 Å². The number of guanidine groups is 1. The smallest absolute Gasteiger partial charge is 0.251 e. The molecule has 0 spiro atoms. The summed E-state index contributed by atoms with van der Waals surface area (Å²) in [6.45, 7) is 2.23. The van der Waals surface area contributed by atoms with E-state index in [9.17, 15) is 8.78 Å². The zero-order valence-electron chi connectivity index (χ0n) is 16.2. The highest BCUT2D eigenvalue weighted by molar-refractivity contribution is 7.10. The van der Waals surface area contributed by atoms with E-state index < -0.39 is 6.43 Å². The van der Waals surface area contributed by atoms with Gasteiger partial charge in [-0.15, -0.1) is 11.3 Å². The Labute approximate surface area is 165 Å². The van der Waals surface area contributed by atoms with Gasteiger partial charge in [0.2, 0.25) is 0 Å². The van der Waals surface area contributed by atoms with Gasteiger partial charge in [-0.2, -0.15) is 0 Å². The fourth-order valence-corrected chi connectivity index (χ4v) is 5.40. The van der Waals surface area contributed by atoms with Crippen molar-refractivity contribution in [2.24, 2.45) is 4.99 Å². The van der Waals surface area contributed by atoms with Crippen LogP contribution in [-0.4, -0.2) is 56.6 Å². The third-order valence-corrected chi connectivity index (χ3v) is 7.11. The van der Waals surface area contributed by atoms with Gasteiger partial charge in [0.1, 0.15) is 0 Å². The van der Waals surface area contributed by atoms with Crippen molar-refractivity contribution >= 4 is 17.3 Å². The fraction of sp³-hybridized carbons (Fsp3) is 0.750. The number of nitrogens with one attached hydrogen (secondary N) is 2. The highest BCUT2D eigenvalue weighted by Crippen LogP contribution is 2.41. The number of hydrogen-bond donors (Lipinski definition) is 2. The summed E-state index contributed by atoms with van der Waals surface area (Å²) in [6.07, 6.45) is 5.87. The minimum absolute atomic E-state index is 0.108. The van der Waals surface area contributed by atoms with E-state index in [1.165, 1.54) is 37.0 Å². The Morgan fingerprint density at radius 3 is 2.63 bits per heavy atom. The van der Waals surface area contributed by atoms with Crippen LogP contribution in [0.15, 0.2) is 22.5 Å². The van der Waals surface area contributed by atoms with Gasteiger partial charge in [-0.3, -0.25) is 9.89 Å². The SMILES string of the molecule is CN=C(NCC1(c2cccs2)CCCCC1)NC1CCN(CC(F)F)CC1. The molecular weight excluding hydrogens is 366 g/mol. The van der Waals surface area contributed by atoms with E-state index in [1.807, 2.05) is 16.2 Å². The molecule has 1 aliphatic heterocycles. The molecule has 0 atom stereocenters. The molecule has 1 saturated heterocycles. The first-order valence-electron chi connectivity index (χ1n) is 10.1. The average Bonchev–Trinajstić information content (AvgIpc) is 3.22. The van der Waals surface area contributed by atoms with Crippen molar-refractivity contribution in [3.8, 4) is 0 Å². The lowest BCUT2D eigenvalue weighted by molar-refractivity contribution is 0.0744. The molecule has 7 heteroatoms. The molecule has 0 radical (unpaired) electrons. The van der Waals surface area contributed by atoms with Gasteiger partial charge in [-0.1, -0.05) is 25.3 Å². The number of likely N-dealkylation sites (tertiary alicyclic amines) is 1. The second-order valence-corrected chi connectivity index (χ2v) is 8.80. The van der Waals surface area contributed by atoms with E-state index in [4.69, 9.17) is 0 Å². The molecule has 2 fully saturated rings. The molecule has 1 aromatic heterocycles. The van der Waals surface area contributed by atoms with E-state index in [2.05, 4.69) is 33.1 Å². The van der Waals surface area contributed by atoms with Crippen molar-refractivity contribution in [1.29, 1.82) is 0 Å². The maximum absolute atomic E-state index is 12.5. The van der Waals surface area contributed by atoms with E-state index >= 15 is 0 Å². The van der Waals surface area contributed by atoms with E-state index in [1.54, 1.807) is 7.05 Å². The van der Waals surface area contributed by atoms with Crippen LogP contribution in [0.1, 0.15) is 49.8 Å². The minimum Gasteiger partial charge on any atom is -0.355 e. The summed E-state index contributed by atoms with van der Waals surface area (Å²) in [4.78, 5) is 7.74. The predicted molar refractivity (Wildman–Crippen MR) is 109 cm³/mol. The van der Waals surface area contributed by atoms with Crippen LogP contribution in [0.5, 0.6) is 0 Å². The normalized spacial score (nSPS) is 22.1. The van der Waals surface area contributed by atoms with E-state index in [0.29, 0.717) is 6.04 Å². The molecule has 2 heterocycles. The van der Waals surface area contributed by atoms with Crippen LogP contribution >= 0.6 is 11.3 Å². The zero-order chi connectivity index (χ0) is 19.1. The van der Waals surface area contributed by atoms with Crippen molar-refractivity contribution < 1.29 is 8.78 Å². The van der Waals surface area contributed by atoms with Gasteiger partial charge in [0.05, 0.1) is 6.54 Å². The topological polar surface area (TPSA) is 39.7 Å². The molecule has 27 heavy (non-hydrogen) atoms. The van der Waals surface area contributed by atoms with Crippen LogP contribution in [0.3, 0.4) is 0 Å². The van der Waals surface area contributed by atoms with Crippen molar-refractivity contribution in [3.63, 3.8) is 0 Å². The maximum Gasteiger partial charge on any atom is 0.251 e. The van der Waals surface area contributed by atoms with Crippen molar-refractivity contribution in [2.75, 3.05) is 33.2 Å². The average molecular weight is 399 g/mol. The summed E-state index contributed by atoms with van der Waals surface area (Å²) in [5.41, 5.74) is 0.213. The second kappa shape index (κ2) is 9.82. The van der Waals surface area contributed by atoms with Gasteiger partial charge in [0.15, 0.2) is 5.96 Å². The Balaban J connectivity index is 1.51. The monoisotopic (exact) mass is 398 g/mol. The largest absolute Gasteiger partial charge is 0.355 e. The molecule has 1 saturated carbocycles. The maximum atomic E-state index is 12.5. The highest BCUT2D eigenvalue weighted by atomic mass is 32.1. The summed E-state index contributed by atoms with van der Waals surface area (Å²) in [6, 6.07) is 4.72. The van der Waals surface area contributed by atoms with Crippen LogP contribution < -0.4 is 10.6 Å². The molecule has 0 amide bonds. The van der Waals surface area contributed by atoms with Crippen molar-refractivity contribution in [3.05, 3.63) is 22.4 Å².